The Hall–Kier alpha value is -0.410. The molecule has 0 N–H and O–H groups in total. The fourth-order valence-corrected chi connectivity index (χ4v) is 3.89. The topological polar surface area (TPSA) is 44.8 Å². The molecule has 0 heterocycles. The molecule has 1 atom stereocenters. The molecule has 0 saturated carbocycles. The van der Waals surface area contributed by atoms with E-state index in [-0.39, 0.29) is 6.16 Å². The normalized spacial score (nSPS) is 24.2. The molecule has 0 aliphatic heterocycles. The van der Waals surface area contributed by atoms with Gasteiger partial charge in [-0.05, 0) is 20.3 Å². The van der Waals surface area contributed by atoms with Crippen molar-refractivity contribution in [2.75, 3.05) is 26.5 Å². The first-order valence-corrected chi connectivity index (χ1v) is 7.60. The molecule has 0 spiro atoms. The Morgan fingerprint density at radius 2 is 1.88 bits per heavy atom. The van der Waals surface area contributed by atoms with Crippen LogP contribution in [0.5, 0.6) is 0 Å². The maximum Gasteiger partial charge on any atom is 0.333 e. The first-order chi connectivity index (χ1) is 8.10. The van der Waals surface area contributed by atoms with E-state index in [1.807, 2.05) is 38.2 Å². The summed E-state index contributed by atoms with van der Waals surface area (Å²) in [7, 11) is -1.46. The number of hydrogen-bond donors (Lipinski definition) is 0. The molecule has 0 aromatic carbocycles. The Balaban J connectivity index is 2.80. The second kappa shape index (κ2) is 6.50. The third-order valence-corrected chi connectivity index (χ3v) is 4.86. The molecule has 1 aliphatic carbocycles. The zero-order valence-corrected chi connectivity index (χ0v) is 11.6. The van der Waals surface area contributed by atoms with Crippen LogP contribution < -0.4 is 0 Å². The predicted octanol–water partition coefficient (Wildman–Crippen LogP) is 3.15. The minimum absolute atomic E-state index is 0.249. The van der Waals surface area contributed by atoms with Crippen LogP contribution >= 0.6 is 7.60 Å². The molecule has 98 valence electrons. The molecule has 0 fully saturated rings. The van der Waals surface area contributed by atoms with Gasteiger partial charge in [-0.1, -0.05) is 24.3 Å². The minimum Gasteiger partial charge on any atom is -0.373 e. The van der Waals surface area contributed by atoms with Crippen LogP contribution in [0.1, 0.15) is 20.3 Å². The van der Waals surface area contributed by atoms with Crippen LogP contribution in [0, 0.1) is 0 Å². The zero-order chi connectivity index (χ0) is 12.8. The van der Waals surface area contributed by atoms with Crippen molar-refractivity contribution in [3.8, 4) is 0 Å². The Kier molecular flexibility index (Phi) is 5.60. The van der Waals surface area contributed by atoms with Crippen molar-refractivity contribution in [2.24, 2.45) is 0 Å². The van der Waals surface area contributed by atoms with E-state index in [1.54, 1.807) is 7.11 Å². The lowest BCUT2D eigenvalue weighted by Crippen LogP contribution is -2.34. The number of allylic oxidation sites excluding steroid dienone is 2. The lowest BCUT2D eigenvalue weighted by atomic mass is 9.97. The summed E-state index contributed by atoms with van der Waals surface area (Å²) >= 11 is 0. The van der Waals surface area contributed by atoms with Gasteiger partial charge >= 0.3 is 7.60 Å². The molecule has 1 rings (SSSR count). The van der Waals surface area contributed by atoms with E-state index >= 15 is 0 Å². The Morgan fingerprint density at radius 3 is 2.29 bits per heavy atom. The van der Waals surface area contributed by atoms with Gasteiger partial charge in [0, 0.05) is 7.11 Å². The fourth-order valence-electron chi connectivity index (χ4n) is 1.83. The number of rotatable bonds is 7. The van der Waals surface area contributed by atoms with E-state index in [1.165, 1.54) is 0 Å². The van der Waals surface area contributed by atoms with Crippen molar-refractivity contribution in [1.29, 1.82) is 0 Å². The van der Waals surface area contributed by atoms with Gasteiger partial charge in [0.05, 0.1) is 19.4 Å². The van der Waals surface area contributed by atoms with E-state index in [4.69, 9.17) is 13.8 Å². The van der Waals surface area contributed by atoms with E-state index in [0.717, 1.165) is 0 Å². The van der Waals surface area contributed by atoms with Crippen LogP contribution in [-0.4, -0.2) is 32.1 Å². The standard InChI is InChI=1S/C12H21O4P/c1-4-15-17(13,16-5-2)11-12(14-3)9-7-6-8-10-12/h6-9H,4-5,10-11H2,1-3H3. The van der Waals surface area contributed by atoms with E-state index in [9.17, 15) is 4.57 Å². The van der Waals surface area contributed by atoms with E-state index < -0.39 is 13.2 Å². The highest BCUT2D eigenvalue weighted by Crippen LogP contribution is 2.52. The van der Waals surface area contributed by atoms with Crippen LogP contribution in [0.25, 0.3) is 0 Å². The lowest BCUT2D eigenvalue weighted by molar-refractivity contribution is 0.0462. The average Bonchev–Trinajstić information content (AvgIpc) is 2.30. The molecule has 17 heavy (non-hydrogen) atoms. The first-order valence-electron chi connectivity index (χ1n) is 5.87. The largest absolute Gasteiger partial charge is 0.373 e. The van der Waals surface area contributed by atoms with Crippen LogP contribution in [0.15, 0.2) is 24.3 Å². The first kappa shape index (κ1) is 14.7. The summed E-state index contributed by atoms with van der Waals surface area (Å²) in [6.07, 6.45) is 8.69. The Morgan fingerprint density at radius 1 is 1.24 bits per heavy atom. The molecular weight excluding hydrogens is 239 g/mol. The number of methoxy groups -OCH3 is 1. The second-order valence-electron chi connectivity index (χ2n) is 3.86. The molecule has 5 heteroatoms. The van der Waals surface area contributed by atoms with Crippen LogP contribution in [0.4, 0.5) is 0 Å². The molecule has 0 aromatic heterocycles. The molecule has 0 radical (unpaired) electrons. The quantitative estimate of drug-likeness (QED) is 0.659. The average molecular weight is 260 g/mol. The maximum absolute atomic E-state index is 12.5. The molecule has 0 bridgehead atoms. The Labute approximate surface area is 103 Å². The third kappa shape index (κ3) is 4.07. The summed E-state index contributed by atoms with van der Waals surface area (Å²) in [5, 5.41) is 0. The molecule has 1 unspecified atom stereocenters. The van der Waals surface area contributed by atoms with Crippen molar-refractivity contribution in [3.05, 3.63) is 24.3 Å². The van der Waals surface area contributed by atoms with Gasteiger partial charge in [0.15, 0.2) is 0 Å². The summed E-state index contributed by atoms with van der Waals surface area (Å²) in [6.45, 7) is 4.36. The highest BCUT2D eigenvalue weighted by Gasteiger charge is 2.38. The molecule has 0 saturated heterocycles. The second-order valence-corrected chi connectivity index (χ2v) is 5.92. The molecular formula is C12H21O4P. The molecule has 0 amide bonds. The number of hydrogen-bond acceptors (Lipinski definition) is 4. The number of ether oxygens (including phenoxy) is 1. The van der Waals surface area contributed by atoms with Crippen molar-refractivity contribution in [1.82, 2.24) is 0 Å². The summed E-state index contributed by atoms with van der Waals surface area (Å²) in [5.74, 6) is 0. The SMILES string of the molecule is CCOP(=O)(CC1(OC)C=CC=CC1)OCC. The van der Waals surface area contributed by atoms with Crippen molar-refractivity contribution < 1.29 is 18.3 Å². The van der Waals surface area contributed by atoms with Gasteiger partial charge in [-0.3, -0.25) is 4.57 Å². The highest BCUT2D eigenvalue weighted by atomic mass is 31.2. The van der Waals surface area contributed by atoms with Gasteiger partial charge in [0.2, 0.25) is 0 Å². The van der Waals surface area contributed by atoms with Gasteiger partial charge in [-0.25, -0.2) is 0 Å². The fraction of sp³-hybridized carbons (Fsp3) is 0.667. The van der Waals surface area contributed by atoms with Crippen molar-refractivity contribution in [3.63, 3.8) is 0 Å². The summed E-state index contributed by atoms with van der Waals surface area (Å²) < 4.78 is 28.5. The molecule has 0 aromatic rings. The van der Waals surface area contributed by atoms with Gasteiger partial charge in [-0.15, -0.1) is 0 Å². The van der Waals surface area contributed by atoms with Crippen LogP contribution in [0.3, 0.4) is 0 Å². The predicted molar refractivity (Wildman–Crippen MR) is 68.4 cm³/mol. The lowest BCUT2D eigenvalue weighted by Gasteiger charge is -2.32. The summed E-state index contributed by atoms with van der Waals surface area (Å²) in [4.78, 5) is 0. The van der Waals surface area contributed by atoms with E-state index in [2.05, 4.69) is 0 Å². The third-order valence-electron chi connectivity index (χ3n) is 2.63. The Bertz CT molecular complexity index is 327. The van der Waals surface area contributed by atoms with Crippen LogP contribution in [0.2, 0.25) is 0 Å². The minimum atomic E-state index is -3.08. The van der Waals surface area contributed by atoms with Gasteiger partial charge in [-0.2, -0.15) is 0 Å². The monoisotopic (exact) mass is 260 g/mol. The van der Waals surface area contributed by atoms with Gasteiger partial charge < -0.3 is 13.8 Å². The van der Waals surface area contributed by atoms with E-state index in [0.29, 0.717) is 19.6 Å². The van der Waals surface area contributed by atoms with Crippen molar-refractivity contribution in [2.45, 2.75) is 25.9 Å². The van der Waals surface area contributed by atoms with Crippen molar-refractivity contribution >= 4 is 7.60 Å². The molecule has 1 aliphatic rings. The zero-order valence-electron chi connectivity index (χ0n) is 10.7. The highest BCUT2D eigenvalue weighted by molar-refractivity contribution is 7.53. The smallest absolute Gasteiger partial charge is 0.333 e. The summed E-state index contributed by atoms with van der Waals surface area (Å²) in [6, 6.07) is 0. The summed E-state index contributed by atoms with van der Waals surface area (Å²) in [5.41, 5.74) is -0.575. The maximum atomic E-state index is 12.5. The molecule has 4 nitrogen and oxygen atoms in total. The van der Waals surface area contributed by atoms with Gasteiger partial charge in [0.25, 0.3) is 0 Å². The van der Waals surface area contributed by atoms with Gasteiger partial charge in [0.1, 0.15) is 5.60 Å². The van der Waals surface area contributed by atoms with Crippen LogP contribution in [-0.2, 0) is 18.3 Å².